The van der Waals surface area contributed by atoms with E-state index < -0.39 is 0 Å². The van der Waals surface area contributed by atoms with Gasteiger partial charge in [0.2, 0.25) is 5.95 Å². The van der Waals surface area contributed by atoms with Crippen molar-refractivity contribution in [2.24, 2.45) is 14.1 Å². The van der Waals surface area contributed by atoms with Crippen molar-refractivity contribution in [3.05, 3.63) is 47.5 Å². The predicted molar refractivity (Wildman–Crippen MR) is 111 cm³/mol. The highest BCUT2D eigenvalue weighted by atomic mass is 15.3. The summed E-state index contributed by atoms with van der Waals surface area (Å²) < 4.78 is 3.85. The number of nitrogens with one attached hydrogen (secondary N) is 1. The van der Waals surface area contributed by atoms with Crippen molar-refractivity contribution in [1.82, 2.24) is 29.3 Å². The van der Waals surface area contributed by atoms with Crippen molar-refractivity contribution in [2.45, 2.75) is 19.9 Å². The summed E-state index contributed by atoms with van der Waals surface area (Å²) in [6.07, 6.45) is 3.74. The van der Waals surface area contributed by atoms with E-state index >= 15 is 0 Å². The highest BCUT2D eigenvalue weighted by Crippen LogP contribution is 2.32. The lowest BCUT2D eigenvalue weighted by Gasteiger charge is -2.19. The molecule has 4 aromatic rings. The molecule has 0 fully saturated rings. The lowest BCUT2D eigenvalue weighted by Crippen LogP contribution is -2.15. The number of aromatic nitrogens is 6. The summed E-state index contributed by atoms with van der Waals surface area (Å²) in [7, 11) is 3.89. The van der Waals surface area contributed by atoms with E-state index in [0.29, 0.717) is 17.1 Å². The fourth-order valence-electron chi connectivity index (χ4n) is 3.48. The Bertz CT molecular complexity index is 1260. The standard InChI is InChI=1S/C20H21N9/c1-11-14(10-21)19(27-20(22)25-11)24-12(2)18-13(16-5-7-23-29(16)4)9-17-15(26-18)6-8-28(17)3/h5-9,12H,1-4H3,(H3,22,24,25,27)/t12-/m0/s1. The maximum absolute atomic E-state index is 9.52. The van der Waals surface area contributed by atoms with Crippen LogP contribution in [0.3, 0.4) is 0 Å². The summed E-state index contributed by atoms with van der Waals surface area (Å²) in [5.41, 5.74) is 11.3. The second-order valence-corrected chi connectivity index (χ2v) is 6.96. The van der Waals surface area contributed by atoms with Crippen LogP contribution in [0.2, 0.25) is 0 Å². The zero-order valence-electron chi connectivity index (χ0n) is 16.7. The molecule has 9 heteroatoms. The first-order chi connectivity index (χ1) is 13.9. The molecule has 0 aromatic carbocycles. The molecule has 4 rings (SSSR count). The number of nitrogen functional groups attached to an aromatic ring is 1. The van der Waals surface area contributed by atoms with Gasteiger partial charge in [0.1, 0.15) is 17.5 Å². The van der Waals surface area contributed by atoms with Gasteiger partial charge in [0.05, 0.1) is 34.2 Å². The van der Waals surface area contributed by atoms with Gasteiger partial charge in [-0.1, -0.05) is 0 Å². The lowest BCUT2D eigenvalue weighted by atomic mass is 10.0. The Hall–Kier alpha value is -3.93. The average Bonchev–Trinajstić information content (AvgIpc) is 3.26. The van der Waals surface area contributed by atoms with Crippen molar-refractivity contribution in [3.63, 3.8) is 0 Å². The van der Waals surface area contributed by atoms with Gasteiger partial charge in [0.25, 0.3) is 0 Å². The van der Waals surface area contributed by atoms with E-state index in [0.717, 1.165) is 28.0 Å². The Morgan fingerprint density at radius 3 is 2.69 bits per heavy atom. The van der Waals surface area contributed by atoms with Gasteiger partial charge in [-0.25, -0.2) is 9.97 Å². The molecule has 4 aromatic heterocycles. The minimum absolute atomic E-state index is 0.120. The fourth-order valence-corrected chi connectivity index (χ4v) is 3.48. The van der Waals surface area contributed by atoms with Crippen LogP contribution in [0.15, 0.2) is 30.6 Å². The minimum Gasteiger partial charge on any atom is -0.368 e. The SMILES string of the molecule is Cc1nc(N)nc(N[C@@H](C)c2nc3ccn(C)c3cc2-c2ccnn2C)c1C#N. The summed E-state index contributed by atoms with van der Waals surface area (Å²) in [4.78, 5) is 13.2. The third-order valence-corrected chi connectivity index (χ3v) is 4.98. The first-order valence-electron chi connectivity index (χ1n) is 9.14. The molecule has 146 valence electrons. The van der Waals surface area contributed by atoms with Crippen LogP contribution in [-0.2, 0) is 14.1 Å². The number of fused-ring (bicyclic) bond motifs is 1. The van der Waals surface area contributed by atoms with Crippen LogP contribution >= 0.6 is 0 Å². The molecule has 0 aliphatic carbocycles. The summed E-state index contributed by atoms with van der Waals surface area (Å²) in [6, 6.07) is 7.95. The quantitative estimate of drug-likeness (QED) is 0.552. The van der Waals surface area contributed by atoms with Gasteiger partial charge >= 0.3 is 0 Å². The number of nitrogens with two attached hydrogens (primary N) is 1. The van der Waals surface area contributed by atoms with Gasteiger partial charge < -0.3 is 15.6 Å². The smallest absolute Gasteiger partial charge is 0.222 e. The van der Waals surface area contributed by atoms with Gasteiger partial charge in [-0.2, -0.15) is 15.3 Å². The van der Waals surface area contributed by atoms with Crippen LogP contribution in [0.25, 0.3) is 22.3 Å². The molecule has 3 N–H and O–H groups in total. The third kappa shape index (κ3) is 3.14. The maximum atomic E-state index is 9.52. The highest BCUT2D eigenvalue weighted by Gasteiger charge is 2.20. The zero-order chi connectivity index (χ0) is 20.7. The number of nitriles is 1. The van der Waals surface area contributed by atoms with Crippen LogP contribution in [0.4, 0.5) is 11.8 Å². The Kier molecular flexibility index (Phi) is 4.39. The van der Waals surface area contributed by atoms with Crippen LogP contribution in [0, 0.1) is 18.3 Å². The topological polar surface area (TPSA) is 123 Å². The summed E-state index contributed by atoms with van der Waals surface area (Å²) in [6.45, 7) is 3.72. The molecular formula is C20H21N9. The lowest BCUT2D eigenvalue weighted by molar-refractivity contribution is 0.769. The molecule has 0 spiro atoms. The Labute approximate surface area is 167 Å². The van der Waals surface area contributed by atoms with Crippen LogP contribution in [0.1, 0.15) is 29.9 Å². The number of aryl methyl sites for hydroxylation is 3. The molecule has 0 aliphatic heterocycles. The fraction of sp³-hybridized carbons (Fsp3) is 0.250. The van der Waals surface area contributed by atoms with Crippen molar-refractivity contribution in [1.29, 1.82) is 5.26 Å². The van der Waals surface area contributed by atoms with E-state index in [1.807, 2.05) is 48.6 Å². The predicted octanol–water partition coefficient (Wildman–Crippen LogP) is 2.70. The normalized spacial score (nSPS) is 12.1. The first kappa shape index (κ1) is 18.4. The number of hydrogen-bond acceptors (Lipinski definition) is 7. The van der Waals surface area contributed by atoms with Gasteiger partial charge in [-0.05, 0) is 32.0 Å². The van der Waals surface area contributed by atoms with Gasteiger partial charge in [-0.3, -0.25) is 4.68 Å². The molecule has 0 saturated carbocycles. The molecule has 0 unspecified atom stereocenters. The number of rotatable bonds is 4. The minimum atomic E-state index is -0.245. The maximum Gasteiger partial charge on any atom is 0.222 e. The Morgan fingerprint density at radius 2 is 2.00 bits per heavy atom. The van der Waals surface area contributed by atoms with Crippen molar-refractivity contribution in [3.8, 4) is 17.3 Å². The summed E-state index contributed by atoms with van der Waals surface area (Å²) in [5, 5.41) is 17.1. The molecule has 0 saturated heterocycles. The molecule has 0 aliphatic rings. The molecule has 0 amide bonds. The highest BCUT2D eigenvalue weighted by molar-refractivity contribution is 5.82. The molecule has 29 heavy (non-hydrogen) atoms. The number of anilines is 2. The van der Waals surface area contributed by atoms with Crippen LogP contribution in [-0.4, -0.2) is 29.3 Å². The second-order valence-electron chi connectivity index (χ2n) is 6.96. The average molecular weight is 387 g/mol. The molecule has 9 nitrogen and oxygen atoms in total. The van der Waals surface area contributed by atoms with E-state index in [9.17, 15) is 5.26 Å². The number of nitrogens with zero attached hydrogens (tertiary/aromatic N) is 7. The zero-order valence-corrected chi connectivity index (χ0v) is 16.7. The second kappa shape index (κ2) is 6.91. The summed E-state index contributed by atoms with van der Waals surface area (Å²) >= 11 is 0. The number of hydrogen-bond donors (Lipinski definition) is 2. The Morgan fingerprint density at radius 1 is 1.21 bits per heavy atom. The van der Waals surface area contributed by atoms with Gasteiger partial charge in [0, 0.05) is 32.1 Å². The van der Waals surface area contributed by atoms with Gasteiger partial charge in [0.15, 0.2) is 0 Å². The van der Waals surface area contributed by atoms with E-state index in [1.165, 1.54) is 0 Å². The molecule has 1 atom stereocenters. The van der Waals surface area contributed by atoms with Crippen molar-refractivity contribution in [2.75, 3.05) is 11.1 Å². The molecule has 0 radical (unpaired) electrons. The van der Waals surface area contributed by atoms with E-state index in [1.54, 1.807) is 13.1 Å². The van der Waals surface area contributed by atoms with Crippen LogP contribution < -0.4 is 11.1 Å². The monoisotopic (exact) mass is 387 g/mol. The third-order valence-electron chi connectivity index (χ3n) is 4.98. The first-order valence-corrected chi connectivity index (χ1v) is 9.14. The summed E-state index contributed by atoms with van der Waals surface area (Å²) in [5.74, 6) is 0.519. The molecule has 0 bridgehead atoms. The van der Waals surface area contributed by atoms with Crippen LogP contribution in [0.5, 0.6) is 0 Å². The van der Waals surface area contributed by atoms with Crippen molar-refractivity contribution >= 4 is 22.8 Å². The van der Waals surface area contributed by atoms with Crippen molar-refractivity contribution < 1.29 is 0 Å². The van der Waals surface area contributed by atoms with E-state index in [2.05, 4.69) is 32.5 Å². The molecule has 4 heterocycles. The van der Waals surface area contributed by atoms with E-state index in [-0.39, 0.29) is 12.0 Å². The molecular weight excluding hydrogens is 366 g/mol. The largest absolute Gasteiger partial charge is 0.368 e. The van der Waals surface area contributed by atoms with Gasteiger partial charge in [-0.15, -0.1) is 0 Å². The Balaban J connectivity index is 1.85. The number of pyridine rings is 1. The van der Waals surface area contributed by atoms with E-state index in [4.69, 9.17) is 10.7 Å².